The van der Waals surface area contributed by atoms with Gasteiger partial charge in [-0.2, -0.15) is 4.98 Å². The Bertz CT molecular complexity index is 1200. The number of methoxy groups -OCH3 is 2. The van der Waals surface area contributed by atoms with Crippen molar-refractivity contribution in [3.63, 3.8) is 0 Å². The van der Waals surface area contributed by atoms with Crippen molar-refractivity contribution in [3.05, 3.63) is 48.5 Å². The molecule has 0 amide bonds. The quantitative estimate of drug-likeness (QED) is 0.465. The highest BCUT2D eigenvalue weighted by atomic mass is 16.5. The second-order valence-corrected chi connectivity index (χ2v) is 7.60. The van der Waals surface area contributed by atoms with Gasteiger partial charge in [0.25, 0.3) is 0 Å². The van der Waals surface area contributed by atoms with Crippen molar-refractivity contribution in [1.29, 1.82) is 0 Å². The van der Waals surface area contributed by atoms with Crippen LogP contribution in [0.25, 0.3) is 28.0 Å². The molecule has 0 saturated carbocycles. The molecule has 2 aromatic carbocycles. The molecule has 8 nitrogen and oxygen atoms in total. The van der Waals surface area contributed by atoms with Gasteiger partial charge in [-0.3, -0.25) is 0 Å². The average molecular weight is 419 g/mol. The molecule has 160 valence electrons. The molecule has 2 aromatic heterocycles. The summed E-state index contributed by atoms with van der Waals surface area (Å²) in [6.45, 7) is 5.01. The highest BCUT2D eigenvalue weighted by molar-refractivity contribution is 5.99. The normalized spacial score (nSPS) is 11.1. The fourth-order valence-corrected chi connectivity index (χ4v) is 3.29. The van der Waals surface area contributed by atoms with Gasteiger partial charge in [-0.25, -0.2) is 9.67 Å². The first kappa shape index (κ1) is 20.5. The summed E-state index contributed by atoms with van der Waals surface area (Å²) in [7, 11) is 3.27. The fraction of sp³-hybridized carbons (Fsp3) is 0.261. The smallest absolute Gasteiger partial charge is 0.225 e. The second-order valence-electron chi connectivity index (χ2n) is 7.60. The van der Waals surface area contributed by atoms with Crippen LogP contribution in [0.15, 0.2) is 48.5 Å². The Morgan fingerprint density at radius 2 is 1.74 bits per heavy atom. The molecule has 3 N–H and O–H groups in total. The van der Waals surface area contributed by atoms with Crippen LogP contribution in [-0.4, -0.2) is 40.5 Å². The molecule has 0 saturated heterocycles. The molecule has 0 fully saturated rings. The molecule has 0 aliphatic rings. The number of aromatic nitrogens is 4. The number of anilines is 2. The van der Waals surface area contributed by atoms with Crippen LogP contribution in [0.2, 0.25) is 0 Å². The van der Waals surface area contributed by atoms with Crippen LogP contribution in [0.4, 0.5) is 11.8 Å². The monoisotopic (exact) mass is 418 g/mol. The van der Waals surface area contributed by atoms with Crippen LogP contribution >= 0.6 is 0 Å². The zero-order valence-corrected chi connectivity index (χ0v) is 18.1. The third-order valence-electron chi connectivity index (χ3n) is 4.90. The molecule has 0 aliphatic carbocycles. The van der Waals surface area contributed by atoms with Gasteiger partial charge >= 0.3 is 0 Å². The molecular weight excluding hydrogens is 392 g/mol. The number of rotatable bonds is 7. The first-order valence-electron chi connectivity index (χ1n) is 10.1. The van der Waals surface area contributed by atoms with E-state index in [9.17, 15) is 0 Å². The van der Waals surface area contributed by atoms with Gasteiger partial charge in [-0.1, -0.05) is 26.0 Å². The third kappa shape index (κ3) is 4.09. The van der Waals surface area contributed by atoms with E-state index in [1.807, 2.05) is 48.5 Å². The zero-order chi connectivity index (χ0) is 22.0. The summed E-state index contributed by atoms with van der Waals surface area (Å²) in [6, 6.07) is 15.3. The minimum absolute atomic E-state index is 0.446. The maximum absolute atomic E-state index is 6.56. The Morgan fingerprint density at radius 3 is 2.42 bits per heavy atom. The molecule has 2 heterocycles. The van der Waals surface area contributed by atoms with Crippen molar-refractivity contribution < 1.29 is 9.47 Å². The number of hydrogen-bond donors (Lipinski definition) is 2. The van der Waals surface area contributed by atoms with Gasteiger partial charge in [-0.05, 0) is 42.3 Å². The lowest BCUT2D eigenvalue weighted by Gasteiger charge is -2.10. The molecule has 0 radical (unpaired) electrons. The second kappa shape index (κ2) is 8.51. The highest BCUT2D eigenvalue weighted by Crippen LogP contribution is 2.34. The van der Waals surface area contributed by atoms with Crippen LogP contribution in [-0.2, 0) is 0 Å². The summed E-state index contributed by atoms with van der Waals surface area (Å²) in [5.41, 5.74) is 9.47. The van der Waals surface area contributed by atoms with E-state index in [-0.39, 0.29) is 0 Å². The van der Waals surface area contributed by atoms with Gasteiger partial charge in [0.15, 0.2) is 5.65 Å². The van der Waals surface area contributed by atoms with E-state index in [1.165, 1.54) is 0 Å². The summed E-state index contributed by atoms with van der Waals surface area (Å²) in [5.74, 6) is 2.92. The molecular formula is C23H26N6O2. The standard InChI is InChI=1S/C23H26N6O2/c1-14(2)13-25-23-26-20(15-6-5-7-18(12-15)31-4)19-21(24)29(28-22(19)27-23)16-8-10-17(30-3)11-9-16/h5-12,14H,13,24H2,1-4H3,(H,25,27,28). The van der Waals surface area contributed by atoms with E-state index in [2.05, 4.69) is 29.2 Å². The summed E-state index contributed by atoms with van der Waals surface area (Å²) >= 11 is 0. The minimum Gasteiger partial charge on any atom is -0.497 e. The lowest BCUT2D eigenvalue weighted by Crippen LogP contribution is -2.11. The first-order chi connectivity index (χ1) is 15.0. The van der Waals surface area contributed by atoms with Gasteiger partial charge in [0.2, 0.25) is 5.95 Å². The number of benzene rings is 2. The van der Waals surface area contributed by atoms with E-state index in [0.717, 1.165) is 29.3 Å². The molecule has 8 heteroatoms. The fourth-order valence-electron chi connectivity index (χ4n) is 3.29. The molecule has 0 spiro atoms. The van der Waals surface area contributed by atoms with Crippen LogP contribution in [0.5, 0.6) is 11.5 Å². The Balaban J connectivity index is 1.90. The van der Waals surface area contributed by atoms with Gasteiger partial charge in [-0.15, -0.1) is 5.10 Å². The van der Waals surface area contributed by atoms with Gasteiger partial charge in [0.1, 0.15) is 17.3 Å². The molecule has 0 aliphatic heterocycles. The van der Waals surface area contributed by atoms with Gasteiger partial charge in [0, 0.05) is 12.1 Å². The number of nitrogen functional groups attached to an aromatic ring is 1. The highest BCUT2D eigenvalue weighted by Gasteiger charge is 2.19. The van der Waals surface area contributed by atoms with Gasteiger partial charge < -0.3 is 20.5 Å². The summed E-state index contributed by atoms with van der Waals surface area (Å²) in [4.78, 5) is 9.41. The average Bonchev–Trinajstić information content (AvgIpc) is 3.13. The van der Waals surface area contributed by atoms with E-state index < -0.39 is 0 Å². The minimum atomic E-state index is 0.446. The predicted molar refractivity (Wildman–Crippen MR) is 123 cm³/mol. The summed E-state index contributed by atoms with van der Waals surface area (Å²) < 4.78 is 12.3. The number of ether oxygens (including phenoxy) is 2. The molecule has 4 rings (SSSR count). The molecule has 31 heavy (non-hydrogen) atoms. The predicted octanol–water partition coefficient (Wildman–Crippen LogP) is 4.15. The summed E-state index contributed by atoms with van der Waals surface area (Å²) in [6.07, 6.45) is 0. The zero-order valence-electron chi connectivity index (χ0n) is 18.1. The van der Waals surface area contributed by atoms with Crippen LogP contribution < -0.4 is 20.5 Å². The molecule has 0 atom stereocenters. The Labute approximate surface area is 181 Å². The largest absolute Gasteiger partial charge is 0.497 e. The molecule has 0 bridgehead atoms. The molecule has 4 aromatic rings. The van der Waals surface area contributed by atoms with Crippen molar-refractivity contribution in [1.82, 2.24) is 19.7 Å². The van der Waals surface area contributed by atoms with E-state index in [0.29, 0.717) is 34.4 Å². The van der Waals surface area contributed by atoms with Gasteiger partial charge in [0.05, 0.1) is 31.0 Å². The molecule has 0 unspecified atom stereocenters. The Hall–Kier alpha value is -3.81. The lowest BCUT2D eigenvalue weighted by atomic mass is 10.1. The number of nitrogens with zero attached hydrogens (tertiary/aromatic N) is 4. The van der Waals surface area contributed by atoms with Crippen LogP contribution in [0.3, 0.4) is 0 Å². The number of hydrogen-bond acceptors (Lipinski definition) is 7. The van der Waals surface area contributed by atoms with Crippen molar-refractivity contribution in [2.45, 2.75) is 13.8 Å². The van der Waals surface area contributed by atoms with E-state index in [4.69, 9.17) is 20.2 Å². The Kier molecular flexibility index (Phi) is 5.62. The maximum Gasteiger partial charge on any atom is 0.225 e. The van der Waals surface area contributed by atoms with E-state index in [1.54, 1.807) is 18.9 Å². The van der Waals surface area contributed by atoms with Crippen LogP contribution in [0.1, 0.15) is 13.8 Å². The lowest BCUT2D eigenvalue weighted by molar-refractivity contribution is 0.414. The number of nitrogens with one attached hydrogen (secondary N) is 1. The topological polar surface area (TPSA) is 100 Å². The number of nitrogens with two attached hydrogens (primary N) is 1. The van der Waals surface area contributed by atoms with Crippen molar-refractivity contribution >= 4 is 22.8 Å². The summed E-state index contributed by atoms with van der Waals surface area (Å²) in [5, 5.41) is 8.68. The van der Waals surface area contributed by atoms with Crippen molar-refractivity contribution in [3.8, 4) is 28.4 Å². The van der Waals surface area contributed by atoms with Crippen molar-refractivity contribution in [2.24, 2.45) is 5.92 Å². The number of fused-ring (bicyclic) bond motifs is 1. The first-order valence-corrected chi connectivity index (χ1v) is 10.1. The van der Waals surface area contributed by atoms with Crippen LogP contribution in [0, 0.1) is 5.92 Å². The SMILES string of the molecule is COc1ccc(-n2nc3nc(NCC(C)C)nc(-c4cccc(OC)c4)c3c2N)cc1. The Morgan fingerprint density at radius 1 is 1.00 bits per heavy atom. The van der Waals surface area contributed by atoms with E-state index >= 15 is 0 Å². The third-order valence-corrected chi connectivity index (χ3v) is 4.90. The maximum atomic E-state index is 6.56. The van der Waals surface area contributed by atoms with Crippen molar-refractivity contribution in [2.75, 3.05) is 31.8 Å².